The maximum absolute atomic E-state index is 13.3. The van der Waals surface area contributed by atoms with Crippen molar-refractivity contribution in [3.8, 4) is 0 Å². The van der Waals surface area contributed by atoms with Gasteiger partial charge in [0, 0.05) is 30.7 Å². The molecule has 0 aliphatic carbocycles. The van der Waals surface area contributed by atoms with Gasteiger partial charge >= 0.3 is 6.09 Å². The topological polar surface area (TPSA) is 79.0 Å². The summed E-state index contributed by atoms with van der Waals surface area (Å²) in [5.41, 5.74) is 1.15. The van der Waals surface area contributed by atoms with Gasteiger partial charge < -0.3 is 19.9 Å². The van der Waals surface area contributed by atoms with Gasteiger partial charge in [-0.3, -0.25) is 9.59 Å². The number of rotatable bonds is 5. The highest BCUT2D eigenvalue weighted by molar-refractivity contribution is 9.10. The molecule has 9 heteroatoms. The highest BCUT2D eigenvalue weighted by atomic mass is 79.9. The summed E-state index contributed by atoms with van der Waals surface area (Å²) in [5.74, 6) is -0.811. The van der Waals surface area contributed by atoms with Crippen molar-refractivity contribution in [3.63, 3.8) is 0 Å². The lowest BCUT2D eigenvalue weighted by Gasteiger charge is -2.34. The molecule has 32 heavy (non-hydrogen) atoms. The summed E-state index contributed by atoms with van der Waals surface area (Å²) in [6.45, 7) is 3.42. The molecule has 1 heterocycles. The molecule has 1 N–H and O–H groups in total. The molecule has 1 fully saturated rings. The zero-order valence-corrected chi connectivity index (χ0v) is 19.9. The van der Waals surface area contributed by atoms with Gasteiger partial charge in [0.1, 0.15) is 5.70 Å². The van der Waals surface area contributed by atoms with E-state index in [0.29, 0.717) is 37.8 Å². The summed E-state index contributed by atoms with van der Waals surface area (Å²) in [6, 6.07) is 14.0. The molecule has 0 spiro atoms. The molecule has 3 rings (SSSR count). The van der Waals surface area contributed by atoms with E-state index in [2.05, 4.69) is 21.2 Å². The minimum absolute atomic E-state index is 0.127. The van der Waals surface area contributed by atoms with Gasteiger partial charge in [0.2, 0.25) is 0 Å². The molecule has 0 bridgehead atoms. The standard InChI is InChI=1S/C23H23BrClN3O4/c1-2-32-23(31)28-13-11-27(12-14-28)22(30)20(15-16-7-9-17(24)10-8-16)26-21(29)18-5-3-4-6-19(18)25/h3-10,15H,2,11-14H2,1H3,(H,26,29)/b20-15-. The quantitative estimate of drug-likeness (QED) is 0.600. The van der Waals surface area contributed by atoms with Crippen LogP contribution in [0.2, 0.25) is 5.02 Å². The monoisotopic (exact) mass is 519 g/mol. The molecule has 2 aromatic rings. The van der Waals surface area contributed by atoms with Crippen LogP contribution in [0.1, 0.15) is 22.8 Å². The average molecular weight is 521 g/mol. The number of nitrogens with one attached hydrogen (secondary N) is 1. The van der Waals surface area contributed by atoms with Crippen molar-refractivity contribution in [1.82, 2.24) is 15.1 Å². The molecule has 1 saturated heterocycles. The Labute approximate surface area is 200 Å². The summed E-state index contributed by atoms with van der Waals surface area (Å²) in [4.78, 5) is 41.2. The Morgan fingerprint density at radius 3 is 2.28 bits per heavy atom. The van der Waals surface area contributed by atoms with Gasteiger partial charge in [-0.2, -0.15) is 0 Å². The van der Waals surface area contributed by atoms with Crippen LogP contribution in [0.3, 0.4) is 0 Å². The first-order valence-electron chi connectivity index (χ1n) is 10.1. The van der Waals surface area contributed by atoms with Gasteiger partial charge in [0.05, 0.1) is 17.2 Å². The first-order chi connectivity index (χ1) is 15.4. The fraction of sp³-hybridized carbons (Fsp3) is 0.261. The molecule has 1 aliphatic heterocycles. The number of halogens is 2. The van der Waals surface area contributed by atoms with Crippen molar-refractivity contribution in [3.05, 3.63) is 74.9 Å². The van der Waals surface area contributed by atoms with E-state index in [1.165, 1.54) is 0 Å². The molecule has 0 aromatic heterocycles. The van der Waals surface area contributed by atoms with E-state index >= 15 is 0 Å². The third-order valence-corrected chi connectivity index (χ3v) is 5.73. The predicted octanol–water partition coefficient (Wildman–Crippen LogP) is 4.17. The maximum Gasteiger partial charge on any atom is 0.409 e. The SMILES string of the molecule is CCOC(=O)N1CCN(C(=O)/C(=C/c2ccc(Br)cc2)NC(=O)c2ccccc2Cl)CC1. The van der Waals surface area contributed by atoms with E-state index in [1.54, 1.807) is 47.1 Å². The van der Waals surface area contributed by atoms with Crippen LogP contribution in [0.25, 0.3) is 6.08 Å². The van der Waals surface area contributed by atoms with Crippen LogP contribution in [-0.2, 0) is 9.53 Å². The zero-order chi connectivity index (χ0) is 23.1. The predicted molar refractivity (Wildman–Crippen MR) is 126 cm³/mol. The van der Waals surface area contributed by atoms with Crippen LogP contribution in [-0.4, -0.2) is 60.5 Å². The van der Waals surface area contributed by atoms with Crippen LogP contribution in [0.5, 0.6) is 0 Å². The molecular weight excluding hydrogens is 498 g/mol. The van der Waals surface area contributed by atoms with E-state index in [9.17, 15) is 14.4 Å². The summed E-state index contributed by atoms with van der Waals surface area (Å²) < 4.78 is 5.93. The fourth-order valence-electron chi connectivity index (χ4n) is 3.19. The van der Waals surface area contributed by atoms with Crippen LogP contribution in [0, 0.1) is 0 Å². The Hall–Kier alpha value is -2.84. The summed E-state index contributed by atoms with van der Waals surface area (Å²) >= 11 is 9.54. The van der Waals surface area contributed by atoms with Crippen molar-refractivity contribution in [2.24, 2.45) is 0 Å². The zero-order valence-electron chi connectivity index (χ0n) is 17.5. The number of piperazine rings is 1. The van der Waals surface area contributed by atoms with Crippen molar-refractivity contribution in [2.45, 2.75) is 6.92 Å². The molecule has 0 radical (unpaired) electrons. The number of carbonyl (C=O) groups is 3. The molecule has 7 nitrogen and oxygen atoms in total. The lowest BCUT2D eigenvalue weighted by atomic mass is 10.1. The second kappa shape index (κ2) is 11.2. The Morgan fingerprint density at radius 1 is 1.03 bits per heavy atom. The lowest BCUT2D eigenvalue weighted by molar-refractivity contribution is -0.128. The van der Waals surface area contributed by atoms with Crippen molar-refractivity contribution in [1.29, 1.82) is 0 Å². The normalized spacial score (nSPS) is 14.2. The number of hydrogen-bond donors (Lipinski definition) is 1. The van der Waals surface area contributed by atoms with E-state index in [4.69, 9.17) is 16.3 Å². The summed E-state index contributed by atoms with van der Waals surface area (Å²) in [7, 11) is 0. The molecule has 0 saturated carbocycles. The molecule has 0 unspecified atom stereocenters. The van der Waals surface area contributed by atoms with Gasteiger partial charge in [-0.15, -0.1) is 0 Å². The van der Waals surface area contributed by atoms with Crippen LogP contribution in [0.15, 0.2) is 58.7 Å². The molecular formula is C23H23BrClN3O4. The first-order valence-corrected chi connectivity index (χ1v) is 11.3. The number of hydrogen-bond acceptors (Lipinski definition) is 4. The van der Waals surface area contributed by atoms with Crippen LogP contribution < -0.4 is 5.32 Å². The molecule has 3 amide bonds. The summed E-state index contributed by atoms with van der Waals surface area (Å²) in [6.07, 6.45) is 1.23. The second-order valence-corrected chi connectivity index (χ2v) is 8.34. The number of nitrogens with zero attached hydrogens (tertiary/aromatic N) is 2. The van der Waals surface area contributed by atoms with Crippen LogP contribution in [0.4, 0.5) is 4.79 Å². The number of benzene rings is 2. The highest BCUT2D eigenvalue weighted by Crippen LogP contribution is 2.18. The van der Waals surface area contributed by atoms with Crippen LogP contribution >= 0.6 is 27.5 Å². The Morgan fingerprint density at radius 2 is 1.66 bits per heavy atom. The Bertz CT molecular complexity index is 1020. The first kappa shape index (κ1) is 23.8. The van der Waals surface area contributed by atoms with E-state index in [0.717, 1.165) is 10.0 Å². The smallest absolute Gasteiger partial charge is 0.409 e. The lowest BCUT2D eigenvalue weighted by Crippen LogP contribution is -2.52. The van der Waals surface area contributed by atoms with E-state index < -0.39 is 12.0 Å². The van der Waals surface area contributed by atoms with Crippen molar-refractivity contribution < 1.29 is 19.1 Å². The fourth-order valence-corrected chi connectivity index (χ4v) is 3.68. The molecule has 0 atom stereocenters. The van der Waals surface area contributed by atoms with Crippen molar-refractivity contribution in [2.75, 3.05) is 32.8 Å². The van der Waals surface area contributed by atoms with E-state index in [-0.39, 0.29) is 17.2 Å². The minimum atomic E-state index is -0.475. The Kier molecular flexibility index (Phi) is 8.30. The highest BCUT2D eigenvalue weighted by Gasteiger charge is 2.27. The van der Waals surface area contributed by atoms with Gasteiger partial charge in [0.15, 0.2) is 0 Å². The molecule has 2 aromatic carbocycles. The second-order valence-electron chi connectivity index (χ2n) is 7.02. The minimum Gasteiger partial charge on any atom is -0.450 e. The molecule has 168 valence electrons. The number of amides is 3. The van der Waals surface area contributed by atoms with Gasteiger partial charge in [-0.25, -0.2) is 4.79 Å². The maximum atomic E-state index is 13.3. The van der Waals surface area contributed by atoms with Gasteiger partial charge in [0.25, 0.3) is 11.8 Å². The Balaban J connectivity index is 1.80. The molecule has 1 aliphatic rings. The van der Waals surface area contributed by atoms with Gasteiger partial charge in [-0.1, -0.05) is 51.8 Å². The summed E-state index contributed by atoms with van der Waals surface area (Å²) in [5, 5.41) is 3.01. The third kappa shape index (κ3) is 6.11. The largest absolute Gasteiger partial charge is 0.450 e. The number of carbonyl (C=O) groups excluding carboxylic acids is 3. The van der Waals surface area contributed by atoms with Crippen molar-refractivity contribution >= 4 is 51.5 Å². The average Bonchev–Trinajstić information content (AvgIpc) is 2.80. The third-order valence-electron chi connectivity index (χ3n) is 4.87. The number of ether oxygens (including phenoxy) is 1. The van der Waals surface area contributed by atoms with E-state index in [1.807, 2.05) is 24.3 Å². The van der Waals surface area contributed by atoms with Gasteiger partial charge in [-0.05, 0) is 42.8 Å².